The molecule has 152 valence electrons. The number of aryl methyl sites for hydroxylation is 2. The number of hydrogen-bond acceptors (Lipinski definition) is 4. The van der Waals surface area contributed by atoms with Gasteiger partial charge >= 0.3 is 0 Å². The molecule has 0 N–H and O–H groups in total. The predicted octanol–water partition coefficient (Wildman–Crippen LogP) is 4.12. The molecule has 1 aromatic heterocycles. The van der Waals surface area contributed by atoms with E-state index in [1.54, 1.807) is 12.4 Å². The fraction of sp³-hybridized carbons (Fsp3) is 0.240. The van der Waals surface area contributed by atoms with E-state index in [-0.39, 0.29) is 5.91 Å². The number of piperazine rings is 1. The summed E-state index contributed by atoms with van der Waals surface area (Å²) in [6, 6.07) is 18.5. The van der Waals surface area contributed by atoms with Crippen molar-refractivity contribution < 1.29 is 4.79 Å². The van der Waals surface area contributed by atoms with Crippen LogP contribution in [-0.2, 0) is 4.79 Å². The Labute approximate surface area is 177 Å². The van der Waals surface area contributed by atoms with E-state index >= 15 is 0 Å². The van der Waals surface area contributed by atoms with Gasteiger partial charge in [0.05, 0.1) is 5.69 Å². The van der Waals surface area contributed by atoms with E-state index in [0.29, 0.717) is 13.1 Å². The summed E-state index contributed by atoms with van der Waals surface area (Å²) in [5.74, 6) is 0.959. The summed E-state index contributed by atoms with van der Waals surface area (Å²) in [6.07, 6.45) is 5.17. The highest BCUT2D eigenvalue weighted by Crippen LogP contribution is 2.22. The maximum Gasteiger partial charge on any atom is 0.246 e. The van der Waals surface area contributed by atoms with Gasteiger partial charge in [-0.2, -0.15) is 0 Å². The summed E-state index contributed by atoms with van der Waals surface area (Å²) >= 11 is 0. The first kappa shape index (κ1) is 19.8. The van der Waals surface area contributed by atoms with Gasteiger partial charge in [-0.25, -0.2) is 9.97 Å². The monoisotopic (exact) mass is 398 g/mol. The molecular weight excluding hydrogens is 372 g/mol. The minimum Gasteiger partial charge on any atom is -0.353 e. The molecule has 0 aliphatic carbocycles. The molecule has 0 atom stereocenters. The lowest BCUT2D eigenvalue weighted by molar-refractivity contribution is -0.126. The van der Waals surface area contributed by atoms with E-state index in [1.807, 2.05) is 29.2 Å². The Hall–Kier alpha value is -3.47. The van der Waals surface area contributed by atoms with Crippen LogP contribution in [0.3, 0.4) is 0 Å². The Morgan fingerprint density at radius 2 is 1.50 bits per heavy atom. The predicted molar refractivity (Wildman–Crippen MR) is 121 cm³/mol. The third-order valence-corrected chi connectivity index (χ3v) is 5.41. The average molecular weight is 399 g/mol. The normalized spacial score (nSPS) is 14.3. The molecule has 0 radical (unpaired) electrons. The molecule has 1 fully saturated rings. The molecule has 4 rings (SSSR count). The molecule has 30 heavy (non-hydrogen) atoms. The zero-order valence-corrected chi connectivity index (χ0v) is 17.5. The number of anilines is 1. The fourth-order valence-corrected chi connectivity index (χ4v) is 3.51. The lowest BCUT2D eigenvalue weighted by Gasteiger charge is -2.35. The topological polar surface area (TPSA) is 49.3 Å². The van der Waals surface area contributed by atoms with Crippen molar-refractivity contribution in [1.29, 1.82) is 0 Å². The molecule has 1 saturated heterocycles. The van der Waals surface area contributed by atoms with Crippen LogP contribution in [0.15, 0.2) is 67.0 Å². The second kappa shape index (κ2) is 8.91. The SMILES string of the molecule is Cc1ccc(/C=C/C(=O)N2CCN(c3cc(-c4ccc(C)cc4)ncn3)CC2)cc1. The largest absolute Gasteiger partial charge is 0.353 e. The zero-order chi connectivity index (χ0) is 20.9. The van der Waals surface area contributed by atoms with Crippen LogP contribution in [0.4, 0.5) is 5.82 Å². The minimum atomic E-state index is 0.0539. The molecule has 2 aromatic carbocycles. The number of nitrogens with zero attached hydrogens (tertiary/aromatic N) is 4. The van der Waals surface area contributed by atoms with Gasteiger partial charge < -0.3 is 9.80 Å². The van der Waals surface area contributed by atoms with Crippen molar-refractivity contribution in [3.63, 3.8) is 0 Å². The summed E-state index contributed by atoms with van der Waals surface area (Å²) < 4.78 is 0. The summed E-state index contributed by atoms with van der Waals surface area (Å²) in [4.78, 5) is 25.5. The molecule has 0 spiro atoms. The number of carbonyl (C=O) groups excluding carboxylic acids is 1. The number of hydrogen-bond donors (Lipinski definition) is 0. The molecule has 3 aromatic rings. The van der Waals surface area contributed by atoms with Gasteiger partial charge in [0.1, 0.15) is 12.1 Å². The van der Waals surface area contributed by atoms with Gasteiger partial charge in [-0.15, -0.1) is 0 Å². The maximum atomic E-state index is 12.5. The standard InChI is InChI=1S/C25H26N4O/c1-19-3-7-21(8-4-19)9-12-25(30)29-15-13-28(14-16-29)24-17-23(26-18-27-24)22-10-5-20(2)6-11-22/h3-12,17-18H,13-16H2,1-2H3/b12-9+. The highest BCUT2D eigenvalue weighted by Gasteiger charge is 2.21. The lowest BCUT2D eigenvalue weighted by atomic mass is 10.1. The van der Waals surface area contributed by atoms with E-state index in [2.05, 4.69) is 65.1 Å². The molecule has 1 aliphatic rings. The first-order valence-electron chi connectivity index (χ1n) is 10.3. The Bertz CT molecular complexity index is 1030. The van der Waals surface area contributed by atoms with Gasteiger partial charge in [-0.3, -0.25) is 4.79 Å². The quantitative estimate of drug-likeness (QED) is 0.620. The first-order chi connectivity index (χ1) is 14.6. The van der Waals surface area contributed by atoms with Crippen molar-refractivity contribution in [2.24, 2.45) is 0 Å². The van der Waals surface area contributed by atoms with Crippen molar-refractivity contribution in [1.82, 2.24) is 14.9 Å². The smallest absolute Gasteiger partial charge is 0.246 e. The van der Waals surface area contributed by atoms with Crippen LogP contribution in [0.1, 0.15) is 16.7 Å². The van der Waals surface area contributed by atoms with Crippen molar-refractivity contribution in [2.75, 3.05) is 31.1 Å². The van der Waals surface area contributed by atoms with Gasteiger partial charge in [0.2, 0.25) is 5.91 Å². The first-order valence-corrected chi connectivity index (χ1v) is 10.3. The van der Waals surface area contributed by atoms with Gasteiger partial charge in [0.25, 0.3) is 0 Å². The highest BCUT2D eigenvalue weighted by atomic mass is 16.2. The fourth-order valence-electron chi connectivity index (χ4n) is 3.51. The van der Waals surface area contributed by atoms with Crippen molar-refractivity contribution in [3.8, 4) is 11.3 Å². The maximum absolute atomic E-state index is 12.5. The summed E-state index contributed by atoms with van der Waals surface area (Å²) in [7, 11) is 0. The Morgan fingerprint density at radius 3 is 2.17 bits per heavy atom. The molecule has 1 aliphatic heterocycles. The number of rotatable bonds is 4. The summed E-state index contributed by atoms with van der Waals surface area (Å²) in [5.41, 5.74) is 5.48. The zero-order valence-electron chi connectivity index (χ0n) is 17.5. The van der Waals surface area contributed by atoms with E-state index in [4.69, 9.17) is 0 Å². The highest BCUT2D eigenvalue weighted by molar-refractivity contribution is 5.92. The van der Waals surface area contributed by atoms with Crippen molar-refractivity contribution >= 4 is 17.8 Å². The van der Waals surface area contributed by atoms with Crippen LogP contribution in [0.25, 0.3) is 17.3 Å². The molecule has 1 amide bonds. The Balaban J connectivity index is 1.37. The Morgan fingerprint density at radius 1 is 0.867 bits per heavy atom. The van der Waals surface area contributed by atoms with Crippen molar-refractivity contribution in [3.05, 3.63) is 83.7 Å². The molecule has 2 heterocycles. The van der Waals surface area contributed by atoms with Gasteiger partial charge in [-0.1, -0.05) is 59.7 Å². The summed E-state index contributed by atoms with van der Waals surface area (Å²) in [5, 5.41) is 0. The summed E-state index contributed by atoms with van der Waals surface area (Å²) in [6.45, 7) is 7.01. The molecule has 0 bridgehead atoms. The number of benzene rings is 2. The van der Waals surface area contributed by atoms with Gasteiger partial charge in [0.15, 0.2) is 0 Å². The number of carbonyl (C=O) groups is 1. The van der Waals surface area contributed by atoms with Crippen LogP contribution in [0.2, 0.25) is 0 Å². The van der Waals surface area contributed by atoms with Gasteiger partial charge in [-0.05, 0) is 25.5 Å². The van der Waals surface area contributed by atoms with E-state index in [0.717, 1.165) is 35.7 Å². The second-order valence-electron chi connectivity index (χ2n) is 7.68. The van der Waals surface area contributed by atoms with Crippen LogP contribution in [0, 0.1) is 13.8 Å². The molecule has 5 heteroatoms. The lowest BCUT2D eigenvalue weighted by Crippen LogP contribution is -2.48. The van der Waals surface area contributed by atoms with Crippen LogP contribution >= 0.6 is 0 Å². The van der Waals surface area contributed by atoms with E-state index in [1.165, 1.54) is 11.1 Å². The van der Waals surface area contributed by atoms with Crippen LogP contribution in [0.5, 0.6) is 0 Å². The molecule has 0 unspecified atom stereocenters. The van der Waals surface area contributed by atoms with Crippen LogP contribution < -0.4 is 4.90 Å². The number of amides is 1. The molecule has 0 saturated carbocycles. The molecule has 5 nitrogen and oxygen atoms in total. The van der Waals surface area contributed by atoms with E-state index in [9.17, 15) is 4.79 Å². The van der Waals surface area contributed by atoms with E-state index < -0.39 is 0 Å². The van der Waals surface area contributed by atoms with Crippen molar-refractivity contribution in [2.45, 2.75) is 13.8 Å². The third kappa shape index (κ3) is 4.74. The average Bonchev–Trinajstić information content (AvgIpc) is 2.79. The minimum absolute atomic E-state index is 0.0539. The number of aromatic nitrogens is 2. The Kier molecular flexibility index (Phi) is 5.89. The second-order valence-corrected chi connectivity index (χ2v) is 7.68. The van der Waals surface area contributed by atoms with Crippen LogP contribution in [-0.4, -0.2) is 47.0 Å². The third-order valence-electron chi connectivity index (χ3n) is 5.41. The van der Waals surface area contributed by atoms with Gasteiger partial charge in [0, 0.05) is 43.9 Å². The molecular formula is C25H26N4O.